The van der Waals surface area contributed by atoms with Crippen LogP contribution in [0.1, 0.15) is 11.1 Å². The first-order valence-corrected chi connectivity index (χ1v) is 14.6. The van der Waals surface area contributed by atoms with Gasteiger partial charge in [-0.25, -0.2) is 16.8 Å². The molecule has 4 aliphatic rings. The van der Waals surface area contributed by atoms with Crippen LogP contribution in [-0.2, 0) is 20.2 Å². The van der Waals surface area contributed by atoms with E-state index in [-0.39, 0.29) is 80.0 Å². The fourth-order valence-corrected chi connectivity index (χ4v) is 9.34. The van der Waals surface area contributed by atoms with Crippen LogP contribution in [0.5, 0.6) is 0 Å². The summed E-state index contributed by atoms with van der Waals surface area (Å²) in [4.78, 5) is -1.56. The Labute approximate surface area is 270 Å². The Morgan fingerprint density at radius 1 is 0.641 bits per heavy atom. The molecule has 1 saturated carbocycles. The Balaban J connectivity index is 0.00000176. The second-order valence-corrected chi connectivity index (χ2v) is 13.7. The third-order valence-electron chi connectivity index (χ3n) is 6.62. The van der Waals surface area contributed by atoms with E-state index in [1.54, 1.807) is 0 Å². The smallest absolute Gasteiger partial charge is 0.744 e. The van der Waals surface area contributed by atoms with Crippen molar-refractivity contribution in [2.75, 3.05) is 0 Å². The summed E-state index contributed by atoms with van der Waals surface area (Å²) in [5.74, 6) is -16.5. The standard InChI is InChI=1S/C21H10F6O6S4.2Na/c22-19(23)15-13-9-3-1-7(36(28,29)30)5-11(9)34-17(13)18-14(16(15)20(24,25)21(19,26)27)10-4-2-8(37(31,32)33)6-12(10)35-18;;/h1-6,17-18H,(H,28,29,30)(H,31,32,33);;/q;2*+1/p-2. The number of halogens is 6. The molecule has 2 aromatic carbocycles. The summed E-state index contributed by atoms with van der Waals surface area (Å²) in [7, 11) is -9.97. The van der Waals surface area contributed by atoms with Crippen molar-refractivity contribution in [2.45, 2.75) is 47.8 Å². The summed E-state index contributed by atoms with van der Waals surface area (Å²) in [6, 6.07) is 5.18. The summed E-state index contributed by atoms with van der Waals surface area (Å²) in [6.45, 7) is 0. The van der Waals surface area contributed by atoms with Crippen LogP contribution in [0.3, 0.4) is 0 Å². The number of thioether (sulfide) groups is 2. The molecule has 6 nitrogen and oxygen atoms in total. The van der Waals surface area contributed by atoms with Gasteiger partial charge in [0.15, 0.2) is 0 Å². The Hall–Kier alpha value is 0.0200. The molecule has 2 aliphatic carbocycles. The molecule has 18 heteroatoms. The van der Waals surface area contributed by atoms with Gasteiger partial charge in [0.1, 0.15) is 20.2 Å². The van der Waals surface area contributed by atoms with E-state index in [1.165, 1.54) is 0 Å². The molecule has 2 heterocycles. The SMILES string of the molecule is O=S(=O)([O-])c1ccc2c(c1)SC1C2=C2C(=C3c4ccc(S(=O)(=O)[O-])cc4SC31)C(F)(F)C(F)(F)C2(F)F.[Na+].[Na+]. The normalized spacial score (nSPS) is 25.1. The molecule has 2 aliphatic heterocycles. The molecule has 2 unspecified atom stereocenters. The minimum Gasteiger partial charge on any atom is -0.744 e. The maximum absolute atomic E-state index is 15.2. The topological polar surface area (TPSA) is 114 Å². The number of fused-ring (bicyclic) bond motifs is 8. The number of rotatable bonds is 2. The van der Waals surface area contributed by atoms with E-state index in [1.807, 2.05) is 0 Å². The summed E-state index contributed by atoms with van der Waals surface area (Å²) < 4.78 is 159. The van der Waals surface area contributed by atoms with E-state index >= 15 is 17.6 Å². The van der Waals surface area contributed by atoms with Gasteiger partial charge in [-0.2, -0.15) is 26.3 Å². The first kappa shape index (κ1) is 31.9. The third-order valence-corrected chi connectivity index (χ3v) is 11.2. The Bertz CT molecular complexity index is 1620. The van der Waals surface area contributed by atoms with Gasteiger partial charge >= 0.3 is 76.9 Å². The second-order valence-electron chi connectivity index (χ2n) is 8.60. The van der Waals surface area contributed by atoms with E-state index < -0.39 is 80.6 Å². The molecular formula is C21H8F6Na2O6S4. The van der Waals surface area contributed by atoms with E-state index in [9.17, 15) is 34.7 Å². The summed E-state index contributed by atoms with van der Waals surface area (Å²) in [6.07, 6.45) is 0. The molecule has 0 bridgehead atoms. The quantitative estimate of drug-likeness (QED) is 0.223. The summed E-state index contributed by atoms with van der Waals surface area (Å²) in [5.41, 5.74) is -4.65. The number of hydrogen-bond acceptors (Lipinski definition) is 8. The zero-order valence-corrected chi connectivity index (χ0v) is 26.7. The zero-order chi connectivity index (χ0) is 27.1. The molecule has 0 radical (unpaired) electrons. The largest absolute Gasteiger partial charge is 1.00 e. The van der Waals surface area contributed by atoms with Gasteiger partial charge in [-0.15, -0.1) is 23.5 Å². The molecule has 2 aromatic rings. The molecule has 2 atom stereocenters. The van der Waals surface area contributed by atoms with Crippen LogP contribution in [0.15, 0.2) is 67.1 Å². The van der Waals surface area contributed by atoms with E-state index in [0.717, 1.165) is 59.9 Å². The van der Waals surface area contributed by atoms with E-state index in [2.05, 4.69) is 0 Å². The van der Waals surface area contributed by atoms with Crippen LogP contribution in [0.2, 0.25) is 0 Å². The maximum Gasteiger partial charge on any atom is 1.00 e. The van der Waals surface area contributed by atoms with Crippen molar-refractivity contribution in [2.24, 2.45) is 0 Å². The number of alkyl halides is 6. The van der Waals surface area contributed by atoms with Crippen LogP contribution < -0.4 is 59.1 Å². The van der Waals surface area contributed by atoms with Crippen molar-refractivity contribution in [3.8, 4) is 0 Å². The van der Waals surface area contributed by atoms with Crippen LogP contribution in [0.4, 0.5) is 26.3 Å². The molecule has 6 rings (SSSR count). The number of hydrogen-bond donors (Lipinski definition) is 0. The van der Waals surface area contributed by atoms with Gasteiger partial charge in [0.25, 0.3) is 0 Å². The van der Waals surface area contributed by atoms with Crippen LogP contribution in [-0.4, -0.2) is 54.2 Å². The molecular weight excluding hydrogens is 636 g/mol. The molecule has 196 valence electrons. The molecule has 0 amide bonds. The average Bonchev–Trinajstić information content (AvgIpc) is 3.36. The van der Waals surface area contributed by atoms with Crippen LogP contribution in [0, 0.1) is 0 Å². The second kappa shape index (κ2) is 9.51. The number of allylic oxidation sites excluding steroid dienone is 2. The summed E-state index contributed by atoms with van der Waals surface area (Å²) in [5, 5.41) is -2.40. The zero-order valence-electron chi connectivity index (χ0n) is 19.5. The Morgan fingerprint density at radius 3 is 1.28 bits per heavy atom. The minimum atomic E-state index is -5.82. The first-order chi connectivity index (χ1) is 16.9. The van der Waals surface area contributed by atoms with Crippen molar-refractivity contribution < 1.29 is 111 Å². The summed E-state index contributed by atoms with van der Waals surface area (Å²) >= 11 is 1.48. The van der Waals surface area contributed by atoms with Crippen molar-refractivity contribution >= 4 is 54.9 Å². The molecule has 0 aromatic heterocycles. The first-order valence-electron chi connectivity index (χ1n) is 10.1. The predicted molar refractivity (Wildman–Crippen MR) is 117 cm³/mol. The fourth-order valence-electron chi connectivity index (χ4n) is 5.07. The van der Waals surface area contributed by atoms with Crippen molar-refractivity contribution in [3.05, 3.63) is 58.7 Å². The van der Waals surface area contributed by atoms with Gasteiger partial charge in [-0.05, 0) is 46.5 Å². The molecule has 1 fully saturated rings. The van der Waals surface area contributed by atoms with E-state index in [4.69, 9.17) is 0 Å². The predicted octanol–water partition coefficient (Wildman–Crippen LogP) is -1.41. The molecule has 0 N–H and O–H groups in total. The molecule has 0 saturated heterocycles. The van der Waals surface area contributed by atoms with E-state index in [0.29, 0.717) is 0 Å². The van der Waals surface area contributed by atoms with Crippen molar-refractivity contribution in [1.29, 1.82) is 0 Å². The van der Waals surface area contributed by atoms with Gasteiger partial charge in [0.05, 0.1) is 20.3 Å². The van der Waals surface area contributed by atoms with Crippen LogP contribution >= 0.6 is 23.5 Å². The van der Waals surface area contributed by atoms with Crippen LogP contribution in [0.25, 0.3) is 11.1 Å². The Morgan fingerprint density at radius 2 is 0.974 bits per heavy atom. The monoisotopic (exact) mass is 644 g/mol. The van der Waals surface area contributed by atoms with Gasteiger partial charge in [-0.3, -0.25) is 0 Å². The average molecular weight is 645 g/mol. The van der Waals surface area contributed by atoms with Crippen molar-refractivity contribution in [1.82, 2.24) is 0 Å². The number of benzene rings is 2. The Kier molecular flexibility index (Phi) is 7.79. The minimum absolute atomic E-state index is 0. The van der Waals surface area contributed by atoms with Gasteiger partial charge in [0, 0.05) is 20.9 Å². The maximum atomic E-state index is 15.2. The molecule has 39 heavy (non-hydrogen) atoms. The third kappa shape index (κ3) is 4.23. The fraction of sp³-hybridized carbons (Fsp3) is 0.238. The van der Waals surface area contributed by atoms with Gasteiger partial charge in [-0.1, -0.05) is 12.1 Å². The van der Waals surface area contributed by atoms with Gasteiger partial charge in [0.2, 0.25) is 0 Å². The van der Waals surface area contributed by atoms with Crippen molar-refractivity contribution in [3.63, 3.8) is 0 Å². The molecule has 0 spiro atoms. The van der Waals surface area contributed by atoms with Gasteiger partial charge < -0.3 is 9.11 Å².